The van der Waals surface area contributed by atoms with Crippen molar-refractivity contribution in [3.05, 3.63) is 0 Å². The van der Waals surface area contributed by atoms with Gasteiger partial charge in [0.2, 0.25) is 6.19 Å². The molecule has 0 fully saturated rings. The van der Waals surface area contributed by atoms with Crippen LogP contribution in [0.15, 0.2) is 4.99 Å². The number of thioether (sulfide) groups is 1. The fraction of sp³-hybridized carbons (Fsp3) is 0.500. The third-order valence-electron chi connectivity index (χ3n) is 0.534. The summed E-state index contributed by atoms with van der Waals surface area (Å²) >= 11 is 1.31. The first-order chi connectivity index (χ1) is 4.35. The number of hydrogen-bond acceptors (Lipinski definition) is 4. The van der Waals surface area contributed by atoms with E-state index in [1.54, 1.807) is 12.4 Å². The fourth-order valence-electron chi connectivity index (χ4n) is 0.243. The van der Waals surface area contributed by atoms with E-state index >= 15 is 0 Å². The van der Waals surface area contributed by atoms with Crippen LogP contribution in [0.4, 0.5) is 0 Å². The summed E-state index contributed by atoms with van der Waals surface area (Å²) in [6.45, 7) is 0. The molecule has 0 atom stereocenters. The van der Waals surface area contributed by atoms with Crippen LogP contribution < -0.4 is 5.48 Å². The molecule has 0 bridgehead atoms. The van der Waals surface area contributed by atoms with E-state index in [9.17, 15) is 0 Å². The summed E-state index contributed by atoms with van der Waals surface area (Å²) in [5.41, 5.74) is 2.42. The van der Waals surface area contributed by atoms with Crippen molar-refractivity contribution in [3.63, 3.8) is 0 Å². The van der Waals surface area contributed by atoms with E-state index in [1.165, 1.54) is 18.9 Å². The van der Waals surface area contributed by atoms with Crippen LogP contribution >= 0.6 is 11.8 Å². The minimum absolute atomic E-state index is 0.458. The molecular formula is C4H7N3OS. The quantitative estimate of drug-likeness (QED) is 0.250. The Balaban J connectivity index is 3.70. The monoisotopic (exact) mass is 145 g/mol. The van der Waals surface area contributed by atoms with Gasteiger partial charge in [-0.15, -0.1) is 4.99 Å². The average Bonchev–Trinajstić information content (AvgIpc) is 1.88. The summed E-state index contributed by atoms with van der Waals surface area (Å²) in [6.07, 6.45) is 3.42. The molecule has 0 heterocycles. The van der Waals surface area contributed by atoms with Gasteiger partial charge < -0.3 is 0 Å². The van der Waals surface area contributed by atoms with E-state index < -0.39 is 0 Å². The van der Waals surface area contributed by atoms with Gasteiger partial charge in [-0.3, -0.25) is 4.84 Å². The van der Waals surface area contributed by atoms with Crippen molar-refractivity contribution in [3.8, 4) is 6.19 Å². The highest BCUT2D eigenvalue weighted by Gasteiger charge is 1.90. The molecule has 50 valence electrons. The van der Waals surface area contributed by atoms with Crippen LogP contribution in [0.25, 0.3) is 0 Å². The largest absolute Gasteiger partial charge is 0.278 e. The molecular weight excluding hydrogens is 138 g/mol. The van der Waals surface area contributed by atoms with Crippen molar-refractivity contribution in [2.45, 2.75) is 0 Å². The number of hydroxylamine groups is 1. The molecule has 4 nitrogen and oxygen atoms in total. The van der Waals surface area contributed by atoms with Crippen LogP contribution in [0.5, 0.6) is 0 Å². The van der Waals surface area contributed by atoms with Crippen molar-refractivity contribution >= 4 is 16.9 Å². The minimum Gasteiger partial charge on any atom is -0.278 e. The maximum atomic E-state index is 8.05. The van der Waals surface area contributed by atoms with Crippen LogP contribution in [0, 0.1) is 11.5 Å². The fourth-order valence-corrected chi connectivity index (χ4v) is 0.542. The second kappa shape index (κ2) is 5.41. The SMILES string of the molecule is CONC(=NC#N)SC. The molecule has 0 saturated heterocycles. The van der Waals surface area contributed by atoms with Crippen LogP contribution in [0.2, 0.25) is 0 Å². The first kappa shape index (κ1) is 8.27. The molecule has 0 aromatic rings. The van der Waals surface area contributed by atoms with Gasteiger partial charge in [0.1, 0.15) is 0 Å². The predicted octanol–water partition coefficient (Wildman–Crippen LogP) is 0.337. The zero-order chi connectivity index (χ0) is 7.11. The summed E-state index contributed by atoms with van der Waals surface area (Å²) in [4.78, 5) is 7.88. The second-order valence-electron chi connectivity index (χ2n) is 1.03. The van der Waals surface area contributed by atoms with Gasteiger partial charge in [-0.25, -0.2) is 5.48 Å². The number of aliphatic imine (C=N–C) groups is 1. The molecule has 0 radical (unpaired) electrons. The van der Waals surface area contributed by atoms with E-state index in [-0.39, 0.29) is 0 Å². The Morgan fingerprint density at radius 3 is 2.89 bits per heavy atom. The summed E-state index contributed by atoms with van der Waals surface area (Å²) in [5, 5.41) is 8.51. The van der Waals surface area contributed by atoms with E-state index in [4.69, 9.17) is 5.26 Å². The lowest BCUT2D eigenvalue weighted by atomic mass is 11.2. The van der Waals surface area contributed by atoms with Gasteiger partial charge in [-0.2, -0.15) is 5.26 Å². The Labute approximate surface area is 57.9 Å². The maximum absolute atomic E-state index is 8.05. The molecule has 0 aromatic carbocycles. The van der Waals surface area contributed by atoms with E-state index in [1.807, 2.05) is 0 Å². The van der Waals surface area contributed by atoms with E-state index in [2.05, 4.69) is 15.3 Å². The van der Waals surface area contributed by atoms with Crippen molar-refractivity contribution in [2.24, 2.45) is 4.99 Å². The summed E-state index contributed by atoms with van der Waals surface area (Å²) in [5.74, 6) is 0. The van der Waals surface area contributed by atoms with Gasteiger partial charge in [-0.05, 0) is 6.26 Å². The Hall–Kier alpha value is -0.730. The normalized spacial score (nSPS) is 10.6. The Morgan fingerprint density at radius 1 is 1.89 bits per heavy atom. The van der Waals surface area contributed by atoms with Crippen molar-refractivity contribution in [1.29, 1.82) is 5.26 Å². The molecule has 0 amide bonds. The molecule has 0 aliphatic rings. The Bertz CT molecular complexity index is 139. The van der Waals surface area contributed by atoms with E-state index in [0.29, 0.717) is 5.17 Å². The number of hydrogen-bond donors (Lipinski definition) is 1. The number of rotatable bonds is 1. The van der Waals surface area contributed by atoms with Gasteiger partial charge in [0, 0.05) is 0 Å². The number of amidine groups is 1. The van der Waals surface area contributed by atoms with Crippen LogP contribution in [0.1, 0.15) is 0 Å². The summed E-state index contributed by atoms with van der Waals surface area (Å²) < 4.78 is 0. The van der Waals surface area contributed by atoms with Gasteiger partial charge in [0.25, 0.3) is 0 Å². The molecule has 0 aliphatic carbocycles. The van der Waals surface area contributed by atoms with Crippen LogP contribution in [-0.2, 0) is 4.84 Å². The van der Waals surface area contributed by atoms with Crippen LogP contribution in [0.3, 0.4) is 0 Å². The molecule has 0 saturated carbocycles. The zero-order valence-electron chi connectivity index (χ0n) is 5.21. The summed E-state index contributed by atoms with van der Waals surface area (Å²) in [6, 6.07) is 0. The molecule has 0 aromatic heterocycles. The topological polar surface area (TPSA) is 57.4 Å². The maximum Gasteiger partial charge on any atom is 0.208 e. The lowest BCUT2D eigenvalue weighted by Crippen LogP contribution is -2.17. The van der Waals surface area contributed by atoms with E-state index in [0.717, 1.165) is 0 Å². The zero-order valence-corrected chi connectivity index (χ0v) is 6.03. The minimum atomic E-state index is 0.458. The number of nitriles is 1. The molecule has 0 rings (SSSR count). The smallest absolute Gasteiger partial charge is 0.208 e. The second-order valence-corrected chi connectivity index (χ2v) is 1.82. The van der Waals surface area contributed by atoms with Crippen LogP contribution in [-0.4, -0.2) is 18.5 Å². The Kier molecular flexibility index (Phi) is 4.97. The first-order valence-corrected chi connectivity index (χ1v) is 3.37. The number of nitrogens with one attached hydrogen (secondary N) is 1. The molecule has 0 aliphatic heterocycles. The highest BCUT2D eigenvalue weighted by atomic mass is 32.2. The standard InChI is InChI=1S/C4H7N3OS/c1-8-7-4(9-2)6-3-5/h1-2H3,(H,6,7). The number of nitrogens with zero attached hydrogens (tertiary/aromatic N) is 2. The third kappa shape index (κ3) is 3.82. The molecule has 1 N–H and O–H groups in total. The lowest BCUT2D eigenvalue weighted by Gasteiger charge is -1.98. The van der Waals surface area contributed by atoms with Crippen molar-refractivity contribution in [2.75, 3.05) is 13.4 Å². The molecule has 9 heavy (non-hydrogen) atoms. The van der Waals surface area contributed by atoms with Crippen molar-refractivity contribution in [1.82, 2.24) is 5.48 Å². The average molecular weight is 145 g/mol. The third-order valence-corrected chi connectivity index (χ3v) is 1.10. The van der Waals surface area contributed by atoms with Gasteiger partial charge in [0.15, 0.2) is 5.17 Å². The van der Waals surface area contributed by atoms with Gasteiger partial charge >= 0.3 is 0 Å². The predicted molar refractivity (Wildman–Crippen MR) is 36.7 cm³/mol. The lowest BCUT2D eigenvalue weighted by molar-refractivity contribution is 0.147. The van der Waals surface area contributed by atoms with Gasteiger partial charge in [0.05, 0.1) is 7.11 Å². The Morgan fingerprint density at radius 2 is 2.56 bits per heavy atom. The molecule has 0 unspecified atom stereocenters. The highest BCUT2D eigenvalue weighted by molar-refractivity contribution is 8.13. The first-order valence-electron chi connectivity index (χ1n) is 2.15. The van der Waals surface area contributed by atoms with Crippen molar-refractivity contribution < 1.29 is 4.84 Å². The highest BCUT2D eigenvalue weighted by Crippen LogP contribution is 1.92. The van der Waals surface area contributed by atoms with Gasteiger partial charge in [-0.1, -0.05) is 11.8 Å². The molecule has 0 spiro atoms. The summed E-state index contributed by atoms with van der Waals surface area (Å²) in [7, 11) is 1.46. The molecule has 5 heteroatoms.